The highest BCUT2D eigenvalue weighted by molar-refractivity contribution is 7.98. The fourth-order valence-electron chi connectivity index (χ4n) is 1.65. The summed E-state index contributed by atoms with van der Waals surface area (Å²) in [4.78, 5) is 12.4. The molecule has 0 bridgehead atoms. The second kappa shape index (κ2) is 5.81. The van der Waals surface area contributed by atoms with Gasteiger partial charge in [0, 0.05) is 4.90 Å². The molecule has 0 spiro atoms. The van der Waals surface area contributed by atoms with Crippen molar-refractivity contribution in [3.8, 4) is 5.75 Å². The van der Waals surface area contributed by atoms with Gasteiger partial charge in [-0.15, -0.1) is 11.8 Å². The summed E-state index contributed by atoms with van der Waals surface area (Å²) in [6.07, 6.45) is 0. The minimum Gasteiger partial charge on any atom is -0.508 e. The number of thioether (sulfide) groups is 1. The Balaban J connectivity index is 2.06. The number of nitrogen functional groups attached to an aromatic ring is 1. The van der Waals surface area contributed by atoms with Crippen LogP contribution in [0, 0.1) is 6.92 Å². The Morgan fingerprint density at radius 3 is 2.95 bits per heavy atom. The number of nitrogens with two attached hydrogens (primary N) is 1. The largest absolute Gasteiger partial charge is 0.508 e. The van der Waals surface area contributed by atoms with Crippen molar-refractivity contribution in [3.63, 3.8) is 0 Å². The Kier molecular flexibility index (Phi) is 4.13. The van der Waals surface area contributed by atoms with Crippen LogP contribution in [0.5, 0.6) is 5.75 Å². The van der Waals surface area contributed by atoms with Gasteiger partial charge in [-0.05, 0) is 31.2 Å². The van der Waals surface area contributed by atoms with Gasteiger partial charge in [-0.25, -0.2) is 5.84 Å². The van der Waals surface area contributed by atoms with E-state index >= 15 is 0 Å². The van der Waals surface area contributed by atoms with Gasteiger partial charge in [0.2, 0.25) is 0 Å². The van der Waals surface area contributed by atoms with Gasteiger partial charge < -0.3 is 9.52 Å². The fourth-order valence-corrected chi connectivity index (χ4v) is 2.48. The fraction of sp³-hybridized carbons (Fsp3) is 0.154. The van der Waals surface area contributed by atoms with Crippen molar-refractivity contribution in [2.75, 3.05) is 0 Å². The molecular weight excluding hydrogens is 264 g/mol. The molecule has 0 aliphatic carbocycles. The van der Waals surface area contributed by atoms with Crippen LogP contribution in [0.3, 0.4) is 0 Å². The molecule has 4 N–H and O–H groups in total. The van der Waals surface area contributed by atoms with Crippen molar-refractivity contribution >= 4 is 17.7 Å². The number of carbonyl (C=O) groups excluding carboxylic acids is 1. The molecule has 1 aromatic heterocycles. The summed E-state index contributed by atoms with van der Waals surface area (Å²) in [7, 11) is 0. The molecule has 1 amide bonds. The SMILES string of the molecule is Cc1oc(CSc2cccc(O)c2)cc1C(=O)NN. The molecule has 0 atom stereocenters. The molecule has 2 aromatic rings. The van der Waals surface area contributed by atoms with Crippen LogP contribution in [-0.4, -0.2) is 11.0 Å². The predicted molar refractivity (Wildman–Crippen MR) is 72.8 cm³/mol. The van der Waals surface area contributed by atoms with Crippen molar-refractivity contribution in [2.24, 2.45) is 5.84 Å². The molecule has 1 aromatic carbocycles. The molecule has 6 heteroatoms. The van der Waals surface area contributed by atoms with Gasteiger partial charge in [-0.1, -0.05) is 6.07 Å². The second-order valence-corrected chi connectivity index (χ2v) is 4.99. The van der Waals surface area contributed by atoms with Crippen LogP contribution in [0.2, 0.25) is 0 Å². The number of aromatic hydroxyl groups is 1. The van der Waals surface area contributed by atoms with E-state index in [9.17, 15) is 9.90 Å². The summed E-state index contributed by atoms with van der Waals surface area (Å²) >= 11 is 1.51. The molecular formula is C13H14N2O3S. The summed E-state index contributed by atoms with van der Waals surface area (Å²) in [6.45, 7) is 1.72. The third-order valence-electron chi connectivity index (χ3n) is 2.54. The lowest BCUT2D eigenvalue weighted by atomic mass is 10.2. The number of phenols is 1. The summed E-state index contributed by atoms with van der Waals surface area (Å²) in [6, 6.07) is 8.64. The Bertz CT molecular complexity index is 595. The molecule has 0 fully saturated rings. The van der Waals surface area contributed by atoms with Gasteiger partial charge in [0.15, 0.2) is 0 Å². The number of benzene rings is 1. The first kappa shape index (κ1) is 13.5. The Morgan fingerprint density at radius 2 is 2.26 bits per heavy atom. The number of amides is 1. The maximum Gasteiger partial charge on any atom is 0.268 e. The highest BCUT2D eigenvalue weighted by atomic mass is 32.2. The van der Waals surface area contributed by atoms with Crippen LogP contribution in [0.25, 0.3) is 0 Å². The monoisotopic (exact) mass is 278 g/mol. The predicted octanol–water partition coefficient (Wildman–Crippen LogP) is 2.19. The first-order chi connectivity index (χ1) is 9.10. The highest BCUT2D eigenvalue weighted by Gasteiger charge is 2.13. The number of furan rings is 1. The summed E-state index contributed by atoms with van der Waals surface area (Å²) < 4.78 is 5.49. The van der Waals surface area contributed by atoms with Crippen molar-refractivity contribution in [2.45, 2.75) is 17.6 Å². The van der Waals surface area contributed by atoms with Crippen LogP contribution in [0.15, 0.2) is 39.6 Å². The molecule has 1 heterocycles. The number of hydrazine groups is 1. The van der Waals surface area contributed by atoms with E-state index in [1.54, 1.807) is 31.2 Å². The van der Waals surface area contributed by atoms with Crippen LogP contribution in [0.1, 0.15) is 21.9 Å². The van der Waals surface area contributed by atoms with Crippen LogP contribution in [0.4, 0.5) is 0 Å². The van der Waals surface area contributed by atoms with E-state index in [-0.39, 0.29) is 11.7 Å². The average molecular weight is 278 g/mol. The van der Waals surface area contributed by atoms with Gasteiger partial charge in [0.05, 0.1) is 11.3 Å². The normalized spacial score (nSPS) is 10.4. The first-order valence-corrected chi connectivity index (χ1v) is 6.61. The molecule has 0 radical (unpaired) electrons. The number of carbonyl (C=O) groups is 1. The van der Waals surface area contributed by atoms with E-state index < -0.39 is 0 Å². The molecule has 2 rings (SSSR count). The molecule has 0 saturated carbocycles. The van der Waals surface area contributed by atoms with Crippen molar-refractivity contribution < 1.29 is 14.3 Å². The number of rotatable bonds is 4. The molecule has 19 heavy (non-hydrogen) atoms. The first-order valence-electron chi connectivity index (χ1n) is 5.62. The Morgan fingerprint density at radius 1 is 1.47 bits per heavy atom. The zero-order valence-electron chi connectivity index (χ0n) is 10.3. The van der Waals surface area contributed by atoms with Gasteiger partial charge in [-0.2, -0.15) is 0 Å². The van der Waals surface area contributed by atoms with Crippen LogP contribution < -0.4 is 11.3 Å². The van der Waals surface area contributed by atoms with Crippen LogP contribution in [-0.2, 0) is 5.75 Å². The maximum atomic E-state index is 11.4. The van der Waals surface area contributed by atoms with E-state index in [4.69, 9.17) is 10.3 Å². The van der Waals surface area contributed by atoms with Crippen molar-refractivity contribution in [3.05, 3.63) is 47.4 Å². The van der Waals surface area contributed by atoms with Crippen molar-refractivity contribution in [1.82, 2.24) is 5.43 Å². The van der Waals surface area contributed by atoms with Gasteiger partial charge in [0.25, 0.3) is 5.91 Å². The number of phenolic OH excluding ortho intramolecular Hbond substituents is 1. The quantitative estimate of drug-likeness (QED) is 0.345. The van der Waals surface area contributed by atoms with E-state index in [0.29, 0.717) is 22.8 Å². The topological polar surface area (TPSA) is 88.5 Å². The van der Waals surface area contributed by atoms with Crippen LogP contribution >= 0.6 is 11.8 Å². The van der Waals surface area contributed by atoms with E-state index in [0.717, 1.165) is 4.90 Å². The van der Waals surface area contributed by atoms with E-state index in [2.05, 4.69) is 5.43 Å². The zero-order valence-corrected chi connectivity index (χ0v) is 11.2. The Hall–Kier alpha value is -1.92. The molecule has 5 nitrogen and oxygen atoms in total. The minimum absolute atomic E-state index is 0.226. The van der Waals surface area contributed by atoms with Gasteiger partial charge in [-0.3, -0.25) is 10.2 Å². The van der Waals surface area contributed by atoms with Gasteiger partial charge >= 0.3 is 0 Å². The lowest BCUT2D eigenvalue weighted by Crippen LogP contribution is -2.30. The smallest absolute Gasteiger partial charge is 0.268 e. The van der Waals surface area contributed by atoms with E-state index in [1.165, 1.54) is 11.8 Å². The second-order valence-electron chi connectivity index (χ2n) is 3.94. The highest BCUT2D eigenvalue weighted by Crippen LogP contribution is 2.27. The minimum atomic E-state index is -0.366. The van der Waals surface area contributed by atoms with Crippen molar-refractivity contribution in [1.29, 1.82) is 0 Å². The van der Waals surface area contributed by atoms with Gasteiger partial charge in [0.1, 0.15) is 17.3 Å². The third kappa shape index (κ3) is 3.30. The molecule has 0 unspecified atom stereocenters. The lowest BCUT2D eigenvalue weighted by molar-refractivity contribution is 0.0952. The number of aryl methyl sites for hydroxylation is 1. The molecule has 0 aliphatic heterocycles. The standard InChI is InChI=1S/C13H14N2O3S/c1-8-12(13(17)15-14)6-10(18-8)7-19-11-4-2-3-9(16)5-11/h2-6,16H,7,14H2,1H3,(H,15,17). The molecule has 0 saturated heterocycles. The number of nitrogens with one attached hydrogen (secondary N) is 1. The Labute approximate surface area is 114 Å². The maximum absolute atomic E-state index is 11.4. The number of hydrogen-bond acceptors (Lipinski definition) is 5. The molecule has 0 aliphatic rings. The third-order valence-corrected chi connectivity index (χ3v) is 3.56. The average Bonchev–Trinajstić information content (AvgIpc) is 2.77. The van der Waals surface area contributed by atoms with E-state index in [1.807, 2.05) is 6.07 Å². The summed E-state index contributed by atoms with van der Waals surface area (Å²) in [5.41, 5.74) is 2.52. The summed E-state index contributed by atoms with van der Waals surface area (Å²) in [5.74, 6) is 6.74. The lowest BCUT2D eigenvalue weighted by Gasteiger charge is -1.99. The number of hydrogen-bond donors (Lipinski definition) is 3. The zero-order chi connectivity index (χ0) is 13.8. The molecule has 100 valence electrons. The summed E-state index contributed by atoms with van der Waals surface area (Å²) in [5, 5.41) is 9.36.